The molecule has 0 aromatic carbocycles. The lowest BCUT2D eigenvalue weighted by Crippen LogP contribution is -2.17. The van der Waals surface area contributed by atoms with Crippen LogP contribution in [-0.2, 0) is 9.53 Å². The molecule has 0 radical (unpaired) electrons. The summed E-state index contributed by atoms with van der Waals surface area (Å²) in [6.07, 6.45) is 1.61. The van der Waals surface area contributed by atoms with Crippen LogP contribution in [0.5, 0.6) is 0 Å². The van der Waals surface area contributed by atoms with E-state index in [0.717, 1.165) is 5.82 Å². The maximum atomic E-state index is 11.2. The molecule has 2 N–H and O–H groups in total. The molecule has 1 aromatic rings. The molecule has 0 atom stereocenters. The van der Waals surface area contributed by atoms with Crippen LogP contribution < -0.4 is 10.6 Å². The first kappa shape index (κ1) is 12.4. The van der Waals surface area contributed by atoms with Crippen molar-refractivity contribution in [3.63, 3.8) is 0 Å². The molecular formula is C11H17N3O2. The Morgan fingerprint density at radius 1 is 1.50 bits per heavy atom. The molecule has 1 heterocycles. The fraction of sp³-hybridized carbons (Fsp3) is 0.455. The monoisotopic (exact) mass is 223 g/mol. The first-order chi connectivity index (χ1) is 7.61. The highest BCUT2D eigenvalue weighted by molar-refractivity contribution is 5.91. The Morgan fingerprint density at radius 2 is 2.25 bits per heavy atom. The minimum Gasteiger partial charge on any atom is -0.375 e. The SMILES string of the molecule is COCC(=O)Nc1ccc(NC(C)C)nc1. The van der Waals surface area contributed by atoms with E-state index in [1.54, 1.807) is 12.3 Å². The molecule has 0 unspecified atom stereocenters. The summed E-state index contributed by atoms with van der Waals surface area (Å²) in [6.45, 7) is 4.12. The summed E-state index contributed by atoms with van der Waals surface area (Å²) in [4.78, 5) is 15.4. The number of hydrogen-bond donors (Lipinski definition) is 2. The van der Waals surface area contributed by atoms with Crippen molar-refractivity contribution in [1.82, 2.24) is 4.98 Å². The van der Waals surface area contributed by atoms with Crippen molar-refractivity contribution in [2.45, 2.75) is 19.9 Å². The molecule has 0 spiro atoms. The third kappa shape index (κ3) is 4.27. The quantitative estimate of drug-likeness (QED) is 0.793. The number of aromatic nitrogens is 1. The van der Waals surface area contributed by atoms with Crippen molar-refractivity contribution in [3.05, 3.63) is 18.3 Å². The van der Waals surface area contributed by atoms with Crippen molar-refractivity contribution in [3.8, 4) is 0 Å². The number of anilines is 2. The summed E-state index contributed by atoms with van der Waals surface area (Å²) in [5.74, 6) is 0.605. The van der Waals surface area contributed by atoms with E-state index in [4.69, 9.17) is 4.74 Å². The topological polar surface area (TPSA) is 63.2 Å². The highest BCUT2D eigenvalue weighted by Crippen LogP contribution is 2.10. The zero-order valence-corrected chi connectivity index (χ0v) is 9.78. The molecular weight excluding hydrogens is 206 g/mol. The van der Waals surface area contributed by atoms with E-state index < -0.39 is 0 Å². The summed E-state index contributed by atoms with van der Waals surface area (Å²) >= 11 is 0. The maximum Gasteiger partial charge on any atom is 0.250 e. The minimum atomic E-state index is -0.186. The third-order valence-corrected chi connectivity index (χ3v) is 1.76. The second-order valence-electron chi connectivity index (χ2n) is 3.71. The predicted octanol–water partition coefficient (Wildman–Crippen LogP) is 1.49. The van der Waals surface area contributed by atoms with Gasteiger partial charge < -0.3 is 15.4 Å². The first-order valence-electron chi connectivity index (χ1n) is 5.13. The van der Waals surface area contributed by atoms with Crippen LogP contribution in [0.4, 0.5) is 11.5 Å². The molecule has 0 aliphatic carbocycles. The number of rotatable bonds is 5. The van der Waals surface area contributed by atoms with Gasteiger partial charge in [0.2, 0.25) is 5.91 Å². The Hall–Kier alpha value is -1.62. The van der Waals surface area contributed by atoms with Gasteiger partial charge >= 0.3 is 0 Å². The Bertz CT molecular complexity index is 336. The van der Waals surface area contributed by atoms with E-state index in [1.165, 1.54) is 7.11 Å². The van der Waals surface area contributed by atoms with Gasteiger partial charge in [0, 0.05) is 13.2 Å². The Kier molecular flexibility index (Phi) is 4.72. The summed E-state index contributed by atoms with van der Waals surface area (Å²) in [7, 11) is 1.48. The summed E-state index contributed by atoms with van der Waals surface area (Å²) < 4.78 is 4.71. The molecule has 0 aliphatic heterocycles. The number of carbonyl (C=O) groups is 1. The van der Waals surface area contributed by atoms with E-state index in [2.05, 4.69) is 15.6 Å². The highest BCUT2D eigenvalue weighted by Gasteiger charge is 2.02. The fourth-order valence-electron chi connectivity index (χ4n) is 1.18. The van der Waals surface area contributed by atoms with Crippen LogP contribution in [-0.4, -0.2) is 30.6 Å². The summed E-state index contributed by atoms with van der Waals surface area (Å²) in [6, 6.07) is 3.95. The number of nitrogens with zero attached hydrogens (tertiary/aromatic N) is 1. The lowest BCUT2D eigenvalue weighted by molar-refractivity contribution is -0.119. The molecule has 0 bridgehead atoms. The smallest absolute Gasteiger partial charge is 0.250 e. The van der Waals surface area contributed by atoms with Crippen LogP contribution >= 0.6 is 0 Å². The van der Waals surface area contributed by atoms with Gasteiger partial charge in [-0.25, -0.2) is 4.98 Å². The lowest BCUT2D eigenvalue weighted by Gasteiger charge is -2.09. The van der Waals surface area contributed by atoms with E-state index in [-0.39, 0.29) is 12.5 Å². The van der Waals surface area contributed by atoms with Crippen LogP contribution in [0, 0.1) is 0 Å². The van der Waals surface area contributed by atoms with Gasteiger partial charge in [0.05, 0.1) is 11.9 Å². The van der Waals surface area contributed by atoms with Crippen LogP contribution in [0.2, 0.25) is 0 Å². The fourth-order valence-corrected chi connectivity index (χ4v) is 1.18. The molecule has 5 heteroatoms. The number of ether oxygens (including phenoxy) is 1. The van der Waals surface area contributed by atoms with Crippen molar-refractivity contribution >= 4 is 17.4 Å². The highest BCUT2D eigenvalue weighted by atomic mass is 16.5. The molecule has 0 saturated carbocycles. The van der Waals surface area contributed by atoms with Crippen LogP contribution in [0.15, 0.2) is 18.3 Å². The van der Waals surface area contributed by atoms with E-state index in [1.807, 2.05) is 19.9 Å². The van der Waals surface area contributed by atoms with Crippen LogP contribution in [0.3, 0.4) is 0 Å². The van der Waals surface area contributed by atoms with E-state index >= 15 is 0 Å². The third-order valence-electron chi connectivity index (χ3n) is 1.76. The van der Waals surface area contributed by atoms with Crippen molar-refractivity contribution in [2.75, 3.05) is 24.4 Å². The van der Waals surface area contributed by atoms with Crippen LogP contribution in [0.1, 0.15) is 13.8 Å². The molecule has 0 aliphatic rings. The number of hydrogen-bond acceptors (Lipinski definition) is 4. The number of pyridine rings is 1. The standard InChI is InChI=1S/C11H17N3O2/c1-8(2)13-10-5-4-9(6-12-10)14-11(15)7-16-3/h4-6,8H,7H2,1-3H3,(H,12,13)(H,14,15). The number of carbonyl (C=O) groups excluding carboxylic acids is 1. The zero-order valence-electron chi connectivity index (χ0n) is 9.78. The molecule has 1 amide bonds. The van der Waals surface area contributed by atoms with Crippen LogP contribution in [0.25, 0.3) is 0 Å². The van der Waals surface area contributed by atoms with Gasteiger partial charge in [-0.2, -0.15) is 0 Å². The molecule has 1 aromatic heterocycles. The predicted molar refractivity (Wildman–Crippen MR) is 63.5 cm³/mol. The number of amides is 1. The average molecular weight is 223 g/mol. The van der Waals surface area contributed by atoms with Crippen molar-refractivity contribution in [2.24, 2.45) is 0 Å². The summed E-state index contributed by atoms with van der Waals surface area (Å²) in [5.41, 5.74) is 0.663. The summed E-state index contributed by atoms with van der Waals surface area (Å²) in [5, 5.41) is 5.83. The largest absolute Gasteiger partial charge is 0.375 e. The molecule has 16 heavy (non-hydrogen) atoms. The zero-order chi connectivity index (χ0) is 12.0. The Labute approximate surface area is 95.2 Å². The van der Waals surface area contributed by atoms with Gasteiger partial charge in [-0.1, -0.05) is 0 Å². The van der Waals surface area contributed by atoms with Crippen molar-refractivity contribution < 1.29 is 9.53 Å². The maximum absolute atomic E-state index is 11.2. The average Bonchev–Trinajstić information content (AvgIpc) is 2.20. The number of nitrogens with one attached hydrogen (secondary N) is 2. The van der Waals surface area contributed by atoms with E-state index in [9.17, 15) is 4.79 Å². The molecule has 0 fully saturated rings. The lowest BCUT2D eigenvalue weighted by atomic mass is 10.3. The molecule has 88 valence electrons. The number of methoxy groups -OCH3 is 1. The van der Waals surface area contributed by atoms with Gasteiger partial charge in [0.1, 0.15) is 12.4 Å². The van der Waals surface area contributed by atoms with Gasteiger partial charge in [-0.3, -0.25) is 4.79 Å². The minimum absolute atomic E-state index is 0.0476. The van der Waals surface area contributed by atoms with Crippen molar-refractivity contribution in [1.29, 1.82) is 0 Å². The van der Waals surface area contributed by atoms with Gasteiger partial charge in [-0.15, -0.1) is 0 Å². The van der Waals surface area contributed by atoms with Gasteiger partial charge in [-0.05, 0) is 26.0 Å². The molecule has 5 nitrogen and oxygen atoms in total. The van der Waals surface area contributed by atoms with E-state index in [0.29, 0.717) is 11.7 Å². The second kappa shape index (κ2) is 6.07. The second-order valence-corrected chi connectivity index (χ2v) is 3.71. The Balaban J connectivity index is 2.54. The van der Waals surface area contributed by atoms with Gasteiger partial charge in [0.15, 0.2) is 0 Å². The molecule has 0 saturated heterocycles. The Morgan fingerprint density at radius 3 is 2.75 bits per heavy atom. The first-order valence-corrected chi connectivity index (χ1v) is 5.13. The normalized spacial score (nSPS) is 10.2. The molecule has 1 rings (SSSR count). The van der Waals surface area contributed by atoms with Gasteiger partial charge in [0.25, 0.3) is 0 Å².